The van der Waals surface area contributed by atoms with Gasteiger partial charge in [-0.05, 0) is 57.4 Å². The number of nitrogens with zero attached hydrogens (tertiary/aromatic N) is 2. The molecule has 2 fully saturated rings. The summed E-state index contributed by atoms with van der Waals surface area (Å²) in [7, 11) is 1.57. The third kappa shape index (κ3) is 4.95. The van der Waals surface area contributed by atoms with Crippen molar-refractivity contribution in [2.24, 2.45) is 0 Å². The summed E-state index contributed by atoms with van der Waals surface area (Å²) in [5, 5.41) is 4.31. The van der Waals surface area contributed by atoms with E-state index in [1.807, 2.05) is 32.0 Å². The average Bonchev–Trinajstić information content (AvgIpc) is 3.09. The van der Waals surface area contributed by atoms with Crippen LogP contribution in [0.5, 0.6) is 5.75 Å². The van der Waals surface area contributed by atoms with Gasteiger partial charge in [0.15, 0.2) is 0 Å². The standard InChI is InChI=1S/C28H31ClN4O4/c1-16-10-17(2)12-18(11-16)25-26(37-9-7-19-6-4-5-8-30-19)20-13-23(21(29)14-22(20)31-27(25)35)33-24(34)15-32(3)28(33)36/h10-14,19,30H,4-9,15H2,1-3H3,(H,31,35). The zero-order valence-electron chi connectivity index (χ0n) is 21.3. The molecule has 5 rings (SSSR count). The highest BCUT2D eigenvalue weighted by Gasteiger charge is 2.36. The second-order valence-corrected chi connectivity index (χ2v) is 10.4. The Morgan fingerprint density at radius 1 is 1.05 bits per heavy atom. The van der Waals surface area contributed by atoms with Gasteiger partial charge in [0.05, 0.1) is 28.4 Å². The van der Waals surface area contributed by atoms with Crippen molar-refractivity contribution in [3.63, 3.8) is 0 Å². The van der Waals surface area contributed by atoms with Gasteiger partial charge < -0.3 is 19.9 Å². The fourth-order valence-electron chi connectivity index (χ4n) is 5.31. The molecule has 37 heavy (non-hydrogen) atoms. The first-order valence-electron chi connectivity index (χ1n) is 12.7. The Morgan fingerprint density at radius 2 is 1.81 bits per heavy atom. The summed E-state index contributed by atoms with van der Waals surface area (Å²) in [4.78, 5) is 44.2. The number of benzene rings is 2. The van der Waals surface area contributed by atoms with Gasteiger partial charge in [-0.25, -0.2) is 9.69 Å². The predicted molar refractivity (Wildman–Crippen MR) is 146 cm³/mol. The molecule has 2 aromatic carbocycles. The van der Waals surface area contributed by atoms with Crippen molar-refractivity contribution < 1.29 is 14.3 Å². The van der Waals surface area contributed by atoms with Gasteiger partial charge in [0, 0.05) is 18.5 Å². The lowest BCUT2D eigenvalue weighted by molar-refractivity contribution is -0.116. The number of aryl methyl sites for hydroxylation is 2. The first-order valence-corrected chi connectivity index (χ1v) is 13.0. The number of rotatable bonds is 6. The number of hydrogen-bond acceptors (Lipinski definition) is 5. The summed E-state index contributed by atoms with van der Waals surface area (Å²) in [5.74, 6) is 0.0588. The molecule has 0 bridgehead atoms. The third-order valence-corrected chi connectivity index (χ3v) is 7.35. The Kier molecular flexibility index (Phi) is 6.96. The van der Waals surface area contributed by atoms with Crippen molar-refractivity contribution in [2.75, 3.05) is 31.6 Å². The molecule has 3 heterocycles. The average molecular weight is 523 g/mol. The van der Waals surface area contributed by atoms with Crippen LogP contribution in [0.4, 0.5) is 10.5 Å². The Labute approximate surface area is 220 Å². The van der Waals surface area contributed by atoms with Gasteiger partial charge in [0.2, 0.25) is 0 Å². The molecule has 2 aliphatic heterocycles. The zero-order chi connectivity index (χ0) is 26.3. The van der Waals surface area contributed by atoms with Gasteiger partial charge in [0.25, 0.3) is 11.5 Å². The number of urea groups is 1. The number of imide groups is 1. The van der Waals surface area contributed by atoms with Gasteiger partial charge in [-0.2, -0.15) is 0 Å². The molecule has 0 radical (unpaired) electrons. The summed E-state index contributed by atoms with van der Waals surface area (Å²) in [6.45, 7) is 5.36. The SMILES string of the molecule is Cc1cc(C)cc(-c2c(OCCC3CCCCN3)c3cc(N4C(=O)CN(C)C4=O)c(Cl)cc3[nH]c2=O)c1. The highest BCUT2D eigenvalue weighted by Crippen LogP contribution is 2.40. The van der Waals surface area contributed by atoms with Crippen LogP contribution in [0.1, 0.15) is 36.8 Å². The van der Waals surface area contributed by atoms with Crippen molar-refractivity contribution in [3.05, 3.63) is 56.8 Å². The van der Waals surface area contributed by atoms with Gasteiger partial charge in [-0.15, -0.1) is 0 Å². The Bertz CT molecular complexity index is 1420. The molecule has 0 spiro atoms. The number of amides is 3. The molecule has 0 aliphatic carbocycles. The van der Waals surface area contributed by atoms with E-state index < -0.39 is 6.03 Å². The number of piperidine rings is 1. The van der Waals surface area contributed by atoms with Crippen LogP contribution in [0.15, 0.2) is 35.1 Å². The minimum absolute atomic E-state index is 0.0234. The summed E-state index contributed by atoms with van der Waals surface area (Å²) in [6.07, 6.45) is 4.26. The van der Waals surface area contributed by atoms with Crippen molar-refractivity contribution in [2.45, 2.75) is 45.6 Å². The smallest absolute Gasteiger partial charge is 0.331 e. The number of carbonyl (C=O) groups excluding carboxylic acids is 2. The van der Waals surface area contributed by atoms with Gasteiger partial charge in [-0.1, -0.05) is 47.3 Å². The minimum atomic E-state index is -0.448. The van der Waals surface area contributed by atoms with Crippen LogP contribution in [0.3, 0.4) is 0 Å². The Hall–Kier alpha value is -3.36. The number of likely N-dealkylation sites (N-methyl/N-ethyl adjacent to an activating group) is 1. The van der Waals surface area contributed by atoms with Crippen LogP contribution < -0.4 is 20.5 Å². The molecule has 1 unspecified atom stereocenters. The number of pyridine rings is 1. The topological polar surface area (TPSA) is 94.7 Å². The van der Waals surface area contributed by atoms with E-state index in [9.17, 15) is 14.4 Å². The van der Waals surface area contributed by atoms with E-state index in [2.05, 4.69) is 10.3 Å². The Morgan fingerprint density at radius 3 is 2.46 bits per heavy atom. The van der Waals surface area contributed by atoms with Crippen LogP contribution >= 0.6 is 11.6 Å². The van der Waals surface area contributed by atoms with E-state index in [1.54, 1.807) is 19.2 Å². The normalized spacial score (nSPS) is 18.2. The van der Waals surface area contributed by atoms with Crippen LogP contribution in [0.2, 0.25) is 5.02 Å². The van der Waals surface area contributed by atoms with Gasteiger partial charge >= 0.3 is 6.03 Å². The molecule has 194 valence electrons. The molecule has 1 atom stereocenters. The maximum Gasteiger partial charge on any atom is 0.331 e. The number of H-pyrrole nitrogens is 1. The number of ether oxygens (including phenoxy) is 1. The zero-order valence-corrected chi connectivity index (χ0v) is 22.1. The lowest BCUT2D eigenvalue weighted by atomic mass is 9.99. The number of fused-ring (bicyclic) bond motifs is 1. The number of carbonyl (C=O) groups is 2. The number of hydrogen-bond donors (Lipinski definition) is 2. The second kappa shape index (κ2) is 10.2. The van der Waals surface area contributed by atoms with Crippen LogP contribution in [-0.2, 0) is 4.79 Å². The molecule has 3 aromatic rings. The van der Waals surface area contributed by atoms with E-state index in [0.29, 0.717) is 34.9 Å². The molecular formula is C28H31ClN4O4. The molecule has 2 aliphatic rings. The number of aromatic amines is 1. The molecule has 9 heteroatoms. The lowest BCUT2D eigenvalue weighted by Crippen LogP contribution is -2.35. The molecule has 0 saturated carbocycles. The van der Waals surface area contributed by atoms with Crippen molar-refractivity contribution in [1.29, 1.82) is 0 Å². The molecule has 2 N–H and O–H groups in total. The number of halogens is 1. The molecular weight excluding hydrogens is 492 g/mol. The monoisotopic (exact) mass is 522 g/mol. The fourth-order valence-corrected chi connectivity index (χ4v) is 5.56. The number of aromatic nitrogens is 1. The van der Waals surface area contributed by atoms with Crippen molar-refractivity contribution in [3.8, 4) is 16.9 Å². The molecule has 2 saturated heterocycles. The lowest BCUT2D eigenvalue weighted by Gasteiger charge is -2.24. The maximum atomic E-state index is 13.4. The van der Waals surface area contributed by atoms with Crippen LogP contribution in [0.25, 0.3) is 22.0 Å². The maximum absolute atomic E-state index is 13.4. The molecule has 8 nitrogen and oxygen atoms in total. The number of nitrogens with one attached hydrogen (secondary N) is 2. The summed E-state index contributed by atoms with van der Waals surface area (Å²) in [6, 6.07) is 9.13. The van der Waals surface area contributed by atoms with E-state index in [4.69, 9.17) is 16.3 Å². The summed E-state index contributed by atoms with van der Waals surface area (Å²) >= 11 is 6.53. The quantitative estimate of drug-likeness (QED) is 0.454. The van der Waals surface area contributed by atoms with Crippen molar-refractivity contribution in [1.82, 2.24) is 15.2 Å². The first-order chi connectivity index (χ1) is 17.7. The fraction of sp³-hybridized carbons (Fsp3) is 0.393. The van der Waals surface area contributed by atoms with Gasteiger partial charge in [0.1, 0.15) is 12.3 Å². The van der Waals surface area contributed by atoms with E-state index in [-0.39, 0.29) is 28.7 Å². The largest absolute Gasteiger partial charge is 0.492 e. The first kappa shape index (κ1) is 25.3. The number of anilines is 1. The van der Waals surface area contributed by atoms with Crippen LogP contribution in [-0.4, -0.2) is 54.6 Å². The summed E-state index contributed by atoms with van der Waals surface area (Å²) < 4.78 is 6.40. The van der Waals surface area contributed by atoms with E-state index in [0.717, 1.165) is 41.0 Å². The molecule has 1 aromatic heterocycles. The highest BCUT2D eigenvalue weighted by molar-refractivity contribution is 6.36. The highest BCUT2D eigenvalue weighted by atomic mass is 35.5. The second-order valence-electron chi connectivity index (χ2n) is 10.0. The molecule has 3 amide bonds. The van der Waals surface area contributed by atoms with Gasteiger partial charge in [-0.3, -0.25) is 9.59 Å². The predicted octanol–water partition coefficient (Wildman–Crippen LogP) is 4.77. The van der Waals surface area contributed by atoms with E-state index in [1.165, 1.54) is 17.7 Å². The third-order valence-electron chi connectivity index (χ3n) is 7.05. The minimum Gasteiger partial charge on any atom is -0.492 e. The van der Waals surface area contributed by atoms with Crippen LogP contribution in [0, 0.1) is 13.8 Å². The van der Waals surface area contributed by atoms with Crippen molar-refractivity contribution >= 4 is 40.1 Å². The summed E-state index contributed by atoms with van der Waals surface area (Å²) in [5.41, 5.74) is 3.67. The van der Waals surface area contributed by atoms with E-state index >= 15 is 0 Å². The Balaban J connectivity index is 1.66.